The van der Waals surface area contributed by atoms with Crippen LogP contribution in [0.25, 0.3) is 11.1 Å². The molecule has 28 heavy (non-hydrogen) atoms. The molecule has 0 unspecified atom stereocenters. The maximum Gasteiger partial charge on any atom is 0.258 e. The average Bonchev–Trinajstić information content (AvgIpc) is 3.23. The molecule has 1 fully saturated rings. The number of aliphatic hydroxyl groups is 1. The first-order chi connectivity index (χ1) is 13.5. The van der Waals surface area contributed by atoms with Gasteiger partial charge in [-0.1, -0.05) is 19.1 Å². The number of fused-ring (bicyclic) bond motifs is 3. The van der Waals surface area contributed by atoms with E-state index in [9.17, 15) is 19.1 Å². The Labute approximate surface area is 162 Å². The molecule has 1 amide bonds. The van der Waals surface area contributed by atoms with Crippen LogP contribution in [0.3, 0.4) is 0 Å². The molecule has 3 heterocycles. The Morgan fingerprint density at radius 3 is 2.89 bits per heavy atom. The van der Waals surface area contributed by atoms with Gasteiger partial charge in [-0.3, -0.25) is 14.9 Å². The van der Waals surface area contributed by atoms with Gasteiger partial charge in [-0.15, -0.1) is 0 Å². The number of nitrogens with zero attached hydrogens (tertiary/aromatic N) is 1. The highest BCUT2D eigenvalue weighted by atomic mass is 19.1. The minimum absolute atomic E-state index is 0.0437. The largest absolute Gasteiger partial charge is 0.396 e. The fourth-order valence-corrected chi connectivity index (χ4v) is 4.49. The number of aliphatic hydroxyl groups excluding tert-OH is 1. The van der Waals surface area contributed by atoms with E-state index in [0.29, 0.717) is 24.2 Å². The zero-order valence-electron chi connectivity index (χ0n) is 15.7. The summed E-state index contributed by atoms with van der Waals surface area (Å²) in [7, 11) is 0. The van der Waals surface area contributed by atoms with Crippen molar-refractivity contribution < 1.29 is 14.3 Å². The second-order valence-corrected chi connectivity index (χ2v) is 7.52. The third-order valence-electron chi connectivity index (χ3n) is 5.86. The molecule has 3 N–H and O–H groups in total. The number of rotatable bonds is 5. The highest BCUT2D eigenvalue weighted by molar-refractivity contribution is 5.82. The number of pyridine rings is 1. The lowest BCUT2D eigenvalue weighted by molar-refractivity contribution is -0.124. The van der Waals surface area contributed by atoms with Crippen molar-refractivity contribution in [3.63, 3.8) is 0 Å². The quantitative estimate of drug-likeness (QED) is 0.727. The molecule has 0 saturated carbocycles. The summed E-state index contributed by atoms with van der Waals surface area (Å²) < 4.78 is 15.3. The second kappa shape index (κ2) is 7.48. The molecule has 1 saturated heterocycles. The first kappa shape index (κ1) is 18.8. The minimum atomic E-state index is -0.474. The Morgan fingerprint density at radius 1 is 1.36 bits per heavy atom. The molecule has 2 aliphatic heterocycles. The molecule has 0 aliphatic carbocycles. The van der Waals surface area contributed by atoms with E-state index in [4.69, 9.17) is 0 Å². The molecule has 0 bridgehead atoms. The van der Waals surface area contributed by atoms with Gasteiger partial charge in [-0.25, -0.2) is 4.39 Å². The van der Waals surface area contributed by atoms with Gasteiger partial charge in [0.1, 0.15) is 5.82 Å². The number of halogens is 1. The summed E-state index contributed by atoms with van der Waals surface area (Å²) in [5, 5.41) is 16.1. The minimum Gasteiger partial charge on any atom is -0.396 e. The van der Waals surface area contributed by atoms with E-state index < -0.39 is 6.04 Å². The standard InChI is InChI=1S/C21H24FN3O3/c1-2-8-23-20(27)19-16(11-26)15-10-25-17(18(15)24-19)7-6-14(21(25)28)12-4-3-5-13(22)9-12/h3-7,9,15-16,18-19,24,26H,2,8,10-11H2,1H3,(H,23,27)/t15-,16-,18+,19-/m0/s1. The summed E-state index contributed by atoms with van der Waals surface area (Å²) in [5.74, 6) is -0.806. The Kier molecular flexibility index (Phi) is 5.03. The summed E-state index contributed by atoms with van der Waals surface area (Å²) in [6.45, 7) is 2.88. The van der Waals surface area contributed by atoms with Gasteiger partial charge in [0, 0.05) is 42.8 Å². The number of hydrogen-bond donors (Lipinski definition) is 3. The molecule has 0 spiro atoms. The van der Waals surface area contributed by atoms with E-state index in [-0.39, 0.29) is 41.8 Å². The summed E-state index contributed by atoms with van der Waals surface area (Å²) in [6, 6.07) is 8.93. The molecule has 1 aromatic carbocycles. The second-order valence-electron chi connectivity index (χ2n) is 7.52. The van der Waals surface area contributed by atoms with Gasteiger partial charge in [0.15, 0.2) is 0 Å². The molecular weight excluding hydrogens is 361 g/mol. The van der Waals surface area contributed by atoms with Crippen LogP contribution >= 0.6 is 0 Å². The number of carbonyl (C=O) groups excluding carboxylic acids is 1. The van der Waals surface area contributed by atoms with Crippen LogP contribution in [0.15, 0.2) is 41.2 Å². The predicted octanol–water partition coefficient (Wildman–Crippen LogP) is 1.43. The monoisotopic (exact) mass is 385 g/mol. The summed E-state index contributed by atoms with van der Waals surface area (Å²) in [6.07, 6.45) is 0.843. The maximum atomic E-state index is 13.6. The van der Waals surface area contributed by atoms with Gasteiger partial charge in [-0.05, 0) is 36.2 Å². The van der Waals surface area contributed by atoms with Crippen LogP contribution in [0.1, 0.15) is 25.1 Å². The summed E-state index contributed by atoms with van der Waals surface area (Å²) >= 11 is 0. The molecule has 6 nitrogen and oxygen atoms in total. The van der Waals surface area contributed by atoms with Crippen molar-refractivity contribution in [3.8, 4) is 11.1 Å². The first-order valence-electron chi connectivity index (χ1n) is 9.69. The number of aromatic nitrogens is 1. The number of nitrogens with one attached hydrogen (secondary N) is 2. The third-order valence-corrected chi connectivity index (χ3v) is 5.86. The van der Waals surface area contributed by atoms with Gasteiger partial charge < -0.3 is 15.0 Å². The van der Waals surface area contributed by atoms with E-state index in [1.54, 1.807) is 22.8 Å². The third kappa shape index (κ3) is 3.04. The van der Waals surface area contributed by atoms with Gasteiger partial charge in [-0.2, -0.15) is 0 Å². The van der Waals surface area contributed by atoms with Crippen molar-refractivity contribution in [2.75, 3.05) is 13.2 Å². The molecule has 0 radical (unpaired) electrons. The number of amides is 1. The van der Waals surface area contributed by atoms with Crippen molar-refractivity contribution in [1.82, 2.24) is 15.2 Å². The van der Waals surface area contributed by atoms with Crippen molar-refractivity contribution >= 4 is 5.91 Å². The normalized spacial score (nSPS) is 25.4. The lowest BCUT2D eigenvalue weighted by Crippen LogP contribution is -2.46. The SMILES string of the molecule is CCCNC(=O)[C@H]1N[C@H]2c3ccc(-c4cccc(F)c4)c(=O)n3C[C@H]2[C@@H]1CO. The fraction of sp³-hybridized carbons (Fsp3) is 0.429. The number of hydrogen-bond acceptors (Lipinski definition) is 4. The first-order valence-corrected chi connectivity index (χ1v) is 9.69. The Bertz CT molecular complexity index is 958. The maximum absolute atomic E-state index is 13.6. The summed E-state index contributed by atoms with van der Waals surface area (Å²) in [5.41, 5.74) is 1.62. The van der Waals surface area contributed by atoms with Gasteiger partial charge in [0.25, 0.3) is 5.56 Å². The van der Waals surface area contributed by atoms with Gasteiger partial charge in [0.2, 0.25) is 5.91 Å². The summed E-state index contributed by atoms with van der Waals surface area (Å²) in [4.78, 5) is 25.5. The Morgan fingerprint density at radius 2 is 2.18 bits per heavy atom. The van der Waals surface area contributed by atoms with Crippen LogP contribution < -0.4 is 16.2 Å². The van der Waals surface area contributed by atoms with E-state index in [1.807, 2.05) is 13.0 Å². The van der Waals surface area contributed by atoms with Crippen LogP contribution in [0, 0.1) is 17.7 Å². The Hall–Kier alpha value is -2.51. The highest BCUT2D eigenvalue weighted by Gasteiger charge is 2.50. The topological polar surface area (TPSA) is 83.4 Å². The van der Waals surface area contributed by atoms with Crippen LogP contribution in [0.2, 0.25) is 0 Å². The smallest absolute Gasteiger partial charge is 0.258 e. The molecule has 2 aromatic rings. The van der Waals surface area contributed by atoms with Crippen LogP contribution in [0.4, 0.5) is 4.39 Å². The zero-order chi connectivity index (χ0) is 19.8. The molecular formula is C21H24FN3O3. The molecule has 2 aliphatic rings. The van der Waals surface area contributed by atoms with E-state index >= 15 is 0 Å². The lowest BCUT2D eigenvalue weighted by atomic mass is 9.88. The van der Waals surface area contributed by atoms with Gasteiger partial charge in [0.05, 0.1) is 12.1 Å². The lowest BCUT2D eigenvalue weighted by Gasteiger charge is -2.21. The van der Waals surface area contributed by atoms with Crippen molar-refractivity contribution in [2.24, 2.45) is 11.8 Å². The molecule has 4 atom stereocenters. The van der Waals surface area contributed by atoms with Gasteiger partial charge >= 0.3 is 0 Å². The van der Waals surface area contributed by atoms with Crippen molar-refractivity contribution in [3.05, 3.63) is 58.3 Å². The fourth-order valence-electron chi connectivity index (χ4n) is 4.49. The molecule has 1 aromatic heterocycles. The Balaban J connectivity index is 1.65. The van der Waals surface area contributed by atoms with Crippen LogP contribution in [0.5, 0.6) is 0 Å². The molecule has 4 rings (SSSR count). The predicted molar refractivity (Wildman–Crippen MR) is 103 cm³/mol. The molecule has 148 valence electrons. The number of benzene rings is 1. The van der Waals surface area contributed by atoms with E-state index in [1.165, 1.54) is 12.1 Å². The average molecular weight is 385 g/mol. The number of carbonyl (C=O) groups is 1. The van der Waals surface area contributed by atoms with Crippen molar-refractivity contribution in [2.45, 2.75) is 32.0 Å². The van der Waals surface area contributed by atoms with E-state index in [0.717, 1.165) is 12.1 Å². The van der Waals surface area contributed by atoms with Crippen molar-refractivity contribution in [1.29, 1.82) is 0 Å². The highest BCUT2D eigenvalue weighted by Crippen LogP contribution is 2.42. The molecule has 7 heteroatoms. The van der Waals surface area contributed by atoms with Crippen LogP contribution in [-0.4, -0.2) is 34.8 Å². The zero-order valence-corrected chi connectivity index (χ0v) is 15.7. The van der Waals surface area contributed by atoms with Crippen LogP contribution in [-0.2, 0) is 11.3 Å². The van der Waals surface area contributed by atoms with E-state index in [2.05, 4.69) is 10.6 Å².